The van der Waals surface area contributed by atoms with Gasteiger partial charge in [-0.25, -0.2) is 4.98 Å². The van der Waals surface area contributed by atoms with Crippen LogP contribution >= 0.6 is 15.9 Å². The van der Waals surface area contributed by atoms with Gasteiger partial charge in [-0.1, -0.05) is 34.1 Å². The van der Waals surface area contributed by atoms with Crippen LogP contribution < -0.4 is 10.9 Å². The molecule has 4 aromatic rings. The van der Waals surface area contributed by atoms with E-state index in [0.717, 1.165) is 0 Å². The monoisotopic (exact) mass is 478 g/mol. The lowest BCUT2D eigenvalue weighted by atomic mass is 10.1. The Kier molecular flexibility index (Phi) is 5.35. The molecular formula is C22H15BrN4O4. The van der Waals surface area contributed by atoms with Gasteiger partial charge in [0, 0.05) is 34.8 Å². The predicted molar refractivity (Wildman–Crippen MR) is 121 cm³/mol. The fourth-order valence-electron chi connectivity index (χ4n) is 3.22. The van der Waals surface area contributed by atoms with Crippen molar-refractivity contribution in [3.8, 4) is 11.3 Å². The van der Waals surface area contributed by atoms with Crippen LogP contribution in [0.25, 0.3) is 22.3 Å². The normalized spacial score (nSPS) is 10.8. The van der Waals surface area contributed by atoms with Crippen LogP contribution in [0.15, 0.2) is 76.0 Å². The molecule has 0 bridgehead atoms. The average Bonchev–Trinajstić information content (AvgIpc) is 2.77. The summed E-state index contributed by atoms with van der Waals surface area (Å²) < 4.78 is 2.06. The highest BCUT2D eigenvalue weighted by atomic mass is 79.9. The number of rotatable bonds is 4. The SMILES string of the molecule is Cn1c(=O)c(-c2cc(Br)ccc2NC(=O)c2ccccc2)nc2cc([N+](=O)[O-])ccc21. The molecule has 154 valence electrons. The largest absolute Gasteiger partial charge is 0.321 e. The van der Waals surface area contributed by atoms with Gasteiger partial charge in [-0.05, 0) is 36.4 Å². The van der Waals surface area contributed by atoms with Crippen molar-refractivity contribution in [2.75, 3.05) is 5.32 Å². The van der Waals surface area contributed by atoms with Crippen molar-refractivity contribution < 1.29 is 9.72 Å². The number of carbonyl (C=O) groups is 1. The highest BCUT2D eigenvalue weighted by Gasteiger charge is 2.18. The van der Waals surface area contributed by atoms with Gasteiger partial charge >= 0.3 is 0 Å². The van der Waals surface area contributed by atoms with Crippen LogP contribution in [0.3, 0.4) is 0 Å². The van der Waals surface area contributed by atoms with E-state index in [0.29, 0.717) is 32.3 Å². The number of halogens is 1. The number of nitrogens with one attached hydrogen (secondary N) is 1. The number of fused-ring (bicyclic) bond motifs is 1. The molecule has 1 N–H and O–H groups in total. The van der Waals surface area contributed by atoms with Crippen LogP contribution in [-0.2, 0) is 7.05 Å². The second-order valence-electron chi connectivity index (χ2n) is 6.76. The maximum Gasteiger partial charge on any atom is 0.277 e. The van der Waals surface area contributed by atoms with Crippen LogP contribution in [0.4, 0.5) is 11.4 Å². The summed E-state index contributed by atoms with van der Waals surface area (Å²) in [5.41, 5.74) is 1.56. The first-order valence-corrected chi connectivity index (χ1v) is 9.96. The van der Waals surface area contributed by atoms with Gasteiger partial charge in [-0.15, -0.1) is 0 Å². The molecule has 0 atom stereocenters. The second-order valence-corrected chi connectivity index (χ2v) is 7.68. The Labute approximate surface area is 184 Å². The van der Waals surface area contributed by atoms with Crippen molar-refractivity contribution in [3.63, 3.8) is 0 Å². The number of benzene rings is 3. The maximum absolute atomic E-state index is 13.1. The number of aromatic nitrogens is 2. The summed E-state index contributed by atoms with van der Waals surface area (Å²) in [6, 6.07) is 17.9. The van der Waals surface area contributed by atoms with Gasteiger partial charge in [-0.3, -0.25) is 19.7 Å². The van der Waals surface area contributed by atoms with E-state index in [2.05, 4.69) is 26.2 Å². The van der Waals surface area contributed by atoms with E-state index in [1.807, 2.05) is 6.07 Å². The Morgan fingerprint density at radius 3 is 2.55 bits per heavy atom. The molecule has 0 aliphatic heterocycles. The zero-order valence-corrected chi connectivity index (χ0v) is 17.8. The molecule has 0 spiro atoms. The summed E-state index contributed by atoms with van der Waals surface area (Å²) in [7, 11) is 1.57. The van der Waals surface area contributed by atoms with Crippen molar-refractivity contribution in [2.45, 2.75) is 0 Å². The molecule has 0 saturated carbocycles. The molecule has 0 aliphatic carbocycles. The standard InChI is InChI=1S/C22H15BrN4O4/c1-26-19-10-8-15(27(30)31)12-18(19)24-20(22(26)29)16-11-14(23)7-9-17(16)25-21(28)13-5-3-2-4-6-13/h2-12H,1H3,(H,25,28). The molecular weight excluding hydrogens is 464 g/mol. The first-order chi connectivity index (χ1) is 14.8. The fraction of sp³-hybridized carbons (Fsp3) is 0.0455. The molecule has 31 heavy (non-hydrogen) atoms. The van der Waals surface area contributed by atoms with E-state index >= 15 is 0 Å². The number of aryl methyl sites for hydroxylation is 1. The van der Waals surface area contributed by atoms with Gasteiger partial charge in [0.1, 0.15) is 5.69 Å². The van der Waals surface area contributed by atoms with Gasteiger partial charge in [0.2, 0.25) is 0 Å². The number of carbonyl (C=O) groups excluding carboxylic acids is 1. The molecule has 0 fully saturated rings. The minimum absolute atomic E-state index is 0.0696. The van der Waals surface area contributed by atoms with Crippen molar-refractivity contribution >= 4 is 44.2 Å². The third-order valence-electron chi connectivity index (χ3n) is 4.79. The van der Waals surface area contributed by atoms with Crippen molar-refractivity contribution in [1.29, 1.82) is 0 Å². The number of nitro groups is 1. The number of amides is 1. The van der Waals surface area contributed by atoms with E-state index in [-0.39, 0.29) is 17.3 Å². The fourth-order valence-corrected chi connectivity index (χ4v) is 3.58. The molecule has 0 unspecified atom stereocenters. The summed E-state index contributed by atoms with van der Waals surface area (Å²) >= 11 is 3.39. The van der Waals surface area contributed by atoms with Crippen LogP contribution in [-0.4, -0.2) is 20.4 Å². The number of non-ortho nitro benzene ring substituents is 1. The summed E-state index contributed by atoms with van der Waals surface area (Å²) in [6.45, 7) is 0. The zero-order chi connectivity index (χ0) is 22.1. The number of nitro benzene ring substituents is 1. The van der Waals surface area contributed by atoms with Crippen LogP contribution in [0.5, 0.6) is 0 Å². The summed E-state index contributed by atoms with van der Waals surface area (Å²) in [6.07, 6.45) is 0. The lowest BCUT2D eigenvalue weighted by molar-refractivity contribution is -0.384. The summed E-state index contributed by atoms with van der Waals surface area (Å²) in [4.78, 5) is 40.8. The van der Waals surface area contributed by atoms with E-state index in [1.165, 1.54) is 22.8 Å². The highest BCUT2D eigenvalue weighted by Crippen LogP contribution is 2.30. The van der Waals surface area contributed by atoms with E-state index in [1.54, 1.807) is 49.5 Å². The molecule has 1 aromatic heterocycles. The minimum atomic E-state index is -0.517. The third-order valence-corrected chi connectivity index (χ3v) is 5.28. The Bertz CT molecular complexity index is 1400. The maximum atomic E-state index is 13.1. The Morgan fingerprint density at radius 1 is 1.10 bits per heavy atom. The number of nitrogens with zero attached hydrogens (tertiary/aromatic N) is 3. The van der Waals surface area contributed by atoms with Gasteiger partial charge in [-0.2, -0.15) is 0 Å². The van der Waals surface area contributed by atoms with Crippen LogP contribution in [0.1, 0.15) is 10.4 Å². The van der Waals surface area contributed by atoms with Crippen LogP contribution in [0, 0.1) is 10.1 Å². The molecule has 0 saturated heterocycles. The zero-order valence-electron chi connectivity index (χ0n) is 16.2. The molecule has 1 heterocycles. The quantitative estimate of drug-likeness (QED) is 0.342. The molecule has 0 aliphatic rings. The van der Waals surface area contributed by atoms with Gasteiger partial charge in [0.25, 0.3) is 17.2 Å². The Hall–Kier alpha value is -3.85. The van der Waals surface area contributed by atoms with E-state index in [9.17, 15) is 19.7 Å². The smallest absolute Gasteiger partial charge is 0.277 e. The average molecular weight is 479 g/mol. The third kappa shape index (κ3) is 3.95. The molecule has 0 radical (unpaired) electrons. The lowest BCUT2D eigenvalue weighted by Gasteiger charge is -2.13. The van der Waals surface area contributed by atoms with Crippen molar-refractivity contribution in [1.82, 2.24) is 9.55 Å². The van der Waals surface area contributed by atoms with Crippen LogP contribution in [0.2, 0.25) is 0 Å². The molecule has 3 aromatic carbocycles. The first-order valence-electron chi connectivity index (χ1n) is 9.16. The van der Waals surface area contributed by atoms with Gasteiger partial charge < -0.3 is 9.88 Å². The number of hydrogen-bond acceptors (Lipinski definition) is 5. The number of anilines is 1. The topological polar surface area (TPSA) is 107 Å². The minimum Gasteiger partial charge on any atom is -0.321 e. The Balaban J connectivity index is 1.88. The Morgan fingerprint density at radius 2 is 1.84 bits per heavy atom. The first kappa shape index (κ1) is 20.4. The lowest BCUT2D eigenvalue weighted by Crippen LogP contribution is -2.22. The summed E-state index contributed by atoms with van der Waals surface area (Å²) in [5.74, 6) is -0.336. The molecule has 8 nitrogen and oxygen atoms in total. The predicted octanol–water partition coefficient (Wildman–Crippen LogP) is 4.52. The van der Waals surface area contributed by atoms with E-state index in [4.69, 9.17) is 0 Å². The van der Waals surface area contributed by atoms with Crippen molar-refractivity contribution in [3.05, 3.63) is 97.2 Å². The molecule has 9 heteroatoms. The highest BCUT2D eigenvalue weighted by molar-refractivity contribution is 9.10. The van der Waals surface area contributed by atoms with Gasteiger partial charge in [0.15, 0.2) is 0 Å². The summed E-state index contributed by atoms with van der Waals surface area (Å²) in [5, 5.41) is 14.0. The second kappa shape index (κ2) is 8.11. The van der Waals surface area contributed by atoms with Crippen molar-refractivity contribution in [2.24, 2.45) is 7.05 Å². The number of hydrogen-bond donors (Lipinski definition) is 1. The van der Waals surface area contributed by atoms with Gasteiger partial charge in [0.05, 0.1) is 21.6 Å². The van der Waals surface area contributed by atoms with E-state index < -0.39 is 10.5 Å². The molecule has 4 rings (SSSR count). The molecule has 1 amide bonds.